The van der Waals surface area contributed by atoms with E-state index < -0.39 is 0 Å². The molecule has 0 radical (unpaired) electrons. The Balaban J connectivity index is 1.74. The highest BCUT2D eigenvalue weighted by Gasteiger charge is 2.13. The van der Waals surface area contributed by atoms with Crippen LogP contribution in [-0.2, 0) is 6.42 Å². The number of amides is 1. The highest BCUT2D eigenvalue weighted by atomic mass is 35.5. The molecule has 1 aromatic carbocycles. The fraction of sp³-hybridized carbons (Fsp3) is 0.158. The molecule has 0 unspecified atom stereocenters. The van der Waals surface area contributed by atoms with Crippen molar-refractivity contribution in [2.45, 2.75) is 20.3 Å². The second-order valence-electron chi connectivity index (χ2n) is 5.64. The van der Waals surface area contributed by atoms with Crippen molar-refractivity contribution >= 4 is 23.7 Å². The number of hydrogen-bond acceptors (Lipinski definition) is 4. The summed E-state index contributed by atoms with van der Waals surface area (Å²) in [6.07, 6.45) is 4.04. The fourth-order valence-corrected chi connectivity index (χ4v) is 2.70. The van der Waals surface area contributed by atoms with E-state index in [1.807, 2.05) is 50.2 Å². The third-order valence-corrected chi connectivity index (χ3v) is 4.24. The van der Waals surface area contributed by atoms with Crippen LogP contribution >= 0.6 is 11.6 Å². The molecule has 0 bridgehead atoms. The molecule has 2 aromatic heterocycles. The predicted molar refractivity (Wildman–Crippen MR) is 102 cm³/mol. The van der Waals surface area contributed by atoms with E-state index in [4.69, 9.17) is 11.6 Å². The molecule has 3 rings (SSSR count). The molecule has 1 amide bonds. The number of para-hydroxylation sites is 1. The summed E-state index contributed by atoms with van der Waals surface area (Å²) < 4.78 is 1.63. The molecular weight excluding hydrogens is 350 g/mol. The minimum atomic E-state index is -0.381. The summed E-state index contributed by atoms with van der Waals surface area (Å²) in [4.78, 5) is 16.2. The van der Waals surface area contributed by atoms with Gasteiger partial charge < -0.3 is 0 Å². The van der Waals surface area contributed by atoms with E-state index in [0.717, 1.165) is 17.7 Å². The first-order valence-corrected chi connectivity index (χ1v) is 8.56. The third kappa shape index (κ3) is 3.81. The standard InChI is InChI=1S/C19H18ClN5O/c1-3-14-9-10-17(21-11-14)19(26)23-22-12-16-13(2)24-25(18(16)20)15-7-5-4-6-8-15/h4-12H,3H2,1-2H3,(H,23,26)/b22-12-. The van der Waals surface area contributed by atoms with Crippen molar-refractivity contribution in [1.82, 2.24) is 20.2 Å². The van der Waals surface area contributed by atoms with Crippen LogP contribution < -0.4 is 5.43 Å². The number of rotatable bonds is 5. The Morgan fingerprint density at radius 1 is 1.27 bits per heavy atom. The maximum Gasteiger partial charge on any atom is 0.289 e. The number of pyridine rings is 1. The Morgan fingerprint density at radius 3 is 2.69 bits per heavy atom. The molecule has 26 heavy (non-hydrogen) atoms. The fourth-order valence-electron chi connectivity index (χ4n) is 2.38. The van der Waals surface area contributed by atoms with Gasteiger partial charge in [-0.15, -0.1) is 0 Å². The minimum absolute atomic E-state index is 0.308. The second-order valence-corrected chi connectivity index (χ2v) is 6.00. The molecule has 0 saturated heterocycles. The Bertz CT molecular complexity index is 933. The van der Waals surface area contributed by atoms with E-state index in [0.29, 0.717) is 22.1 Å². The minimum Gasteiger partial charge on any atom is -0.266 e. The van der Waals surface area contributed by atoms with Crippen LogP contribution in [0.1, 0.15) is 34.2 Å². The topological polar surface area (TPSA) is 72.2 Å². The molecule has 3 aromatic rings. The molecule has 0 fully saturated rings. The van der Waals surface area contributed by atoms with Gasteiger partial charge in [-0.1, -0.05) is 42.8 Å². The Kier molecular flexibility index (Phi) is 5.43. The summed E-state index contributed by atoms with van der Waals surface area (Å²) in [6, 6.07) is 13.1. The van der Waals surface area contributed by atoms with Crippen molar-refractivity contribution in [3.8, 4) is 5.69 Å². The van der Waals surface area contributed by atoms with E-state index in [9.17, 15) is 4.79 Å². The summed E-state index contributed by atoms with van der Waals surface area (Å²) in [6.45, 7) is 3.86. The van der Waals surface area contributed by atoms with Gasteiger partial charge in [0, 0.05) is 6.20 Å². The number of halogens is 1. The van der Waals surface area contributed by atoms with Gasteiger partial charge in [0.25, 0.3) is 5.91 Å². The summed E-state index contributed by atoms with van der Waals surface area (Å²) in [5.41, 5.74) is 6.04. The lowest BCUT2D eigenvalue weighted by atomic mass is 10.2. The quantitative estimate of drug-likeness (QED) is 0.553. The smallest absolute Gasteiger partial charge is 0.266 e. The van der Waals surface area contributed by atoms with Gasteiger partial charge in [0.1, 0.15) is 10.8 Å². The molecule has 0 atom stereocenters. The van der Waals surface area contributed by atoms with Gasteiger partial charge in [-0.2, -0.15) is 10.2 Å². The van der Waals surface area contributed by atoms with E-state index in [1.54, 1.807) is 16.9 Å². The van der Waals surface area contributed by atoms with Crippen molar-refractivity contribution in [2.24, 2.45) is 5.10 Å². The lowest BCUT2D eigenvalue weighted by Crippen LogP contribution is -2.19. The number of carbonyl (C=O) groups is 1. The van der Waals surface area contributed by atoms with Crippen molar-refractivity contribution in [3.63, 3.8) is 0 Å². The molecule has 0 aliphatic carbocycles. The van der Waals surface area contributed by atoms with E-state index in [-0.39, 0.29) is 5.91 Å². The predicted octanol–water partition coefficient (Wildman–Crippen LogP) is 3.56. The van der Waals surface area contributed by atoms with Crippen LogP contribution in [0.5, 0.6) is 0 Å². The highest BCUT2D eigenvalue weighted by Crippen LogP contribution is 2.21. The van der Waals surface area contributed by atoms with Gasteiger partial charge in [-0.3, -0.25) is 9.78 Å². The number of benzene rings is 1. The lowest BCUT2D eigenvalue weighted by Gasteiger charge is -2.02. The van der Waals surface area contributed by atoms with Crippen molar-refractivity contribution in [1.29, 1.82) is 0 Å². The average Bonchev–Trinajstić information content (AvgIpc) is 2.97. The number of aromatic nitrogens is 3. The average molecular weight is 368 g/mol. The number of hydrazone groups is 1. The van der Waals surface area contributed by atoms with E-state index >= 15 is 0 Å². The first kappa shape index (κ1) is 17.8. The van der Waals surface area contributed by atoms with Gasteiger partial charge in [0.05, 0.1) is 23.2 Å². The maximum absolute atomic E-state index is 12.1. The number of nitrogens with zero attached hydrogens (tertiary/aromatic N) is 4. The van der Waals surface area contributed by atoms with Crippen LogP contribution in [0, 0.1) is 6.92 Å². The highest BCUT2D eigenvalue weighted by molar-refractivity contribution is 6.32. The summed E-state index contributed by atoms with van der Waals surface area (Å²) >= 11 is 6.41. The van der Waals surface area contributed by atoms with Crippen LogP contribution in [0.2, 0.25) is 5.15 Å². The molecular formula is C19H18ClN5O. The normalized spacial score (nSPS) is 11.0. The molecule has 0 spiro atoms. The first-order chi connectivity index (χ1) is 12.6. The monoisotopic (exact) mass is 367 g/mol. The zero-order valence-corrected chi connectivity index (χ0v) is 15.2. The molecule has 0 aliphatic rings. The van der Waals surface area contributed by atoms with Gasteiger partial charge in [-0.05, 0) is 37.1 Å². The summed E-state index contributed by atoms with van der Waals surface area (Å²) in [5.74, 6) is -0.381. The van der Waals surface area contributed by atoms with Crippen LogP contribution in [0.3, 0.4) is 0 Å². The largest absolute Gasteiger partial charge is 0.289 e. The van der Waals surface area contributed by atoms with Crippen LogP contribution in [0.15, 0.2) is 53.8 Å². The second kappa shape index (κ2) is 7.93. The molecule has 2 heterocycles. The van der Waals surface area contributed by atoms with Crippen molar-refractivity contribution in [3.05, 3.63) is 76.3 Å². The molecule has 132 valence electrons. The van der Waals surface area contributed by atoms with Crippen molar-refractivity contribution in [2.75, 3.05) is 0 Å². The summed E-state index contributed by atoms with van der Waals surface area (Å²) in [7, 11) is 0. The molecule has 7 heteroatoms. The van der Waals surface area contributed by atoms with Gasteiger partial charge in [-0.25, -0.2) is 10.1 Å². The number of hydrogen-bond donors (Lipinski definition) is 1. The third-order valence-electron chi connectivity index (χ3n) is 3.87. The Labute approximate surface area is 156 Å². The van der Waals surface area contributed by atoms with Crippen LogP contribution in [0.25, 0.3) is 5.69 Å². The zero-order chi connectivity index (χ0) is 18.5. The van der Waals surface area contributed by atoms with Crippen LogP contribution in [0.4, 0.5) is 0 Å². The summed E-state index contributed by atoms with van der Waals surface area (Å²) in [5, 5.41) is 8.84. The molecule has 0 aliphatic heterocycles. The Hall–Kier alpha value is -2.99. The molecule has 1 N–H and O–H groups in total. The number of carbonyl (C=O) groups excluding carboxylic acids is 1. The number of aryl methyl sites for hydroxylation is 2. The number of nitrogens with one attached hydrogen (secondary N) is 1. The zero-order valence-electron chi connectivity index (χ0n) is 14.5. The SMILES string of the molecule is CCc1ccc(C(=O)N/N=C\c2c(C)nn(-c3ccccc3)c2Cl)nc1. The van der Waals surface area contributed by atoms with Gasteiger partial charge in [0.15, 0.2) is 0 Å². The molecule has 6 nitrogen and oxygen atoms in total. The van der Waals surface area contributed by atoms with Crippen LogP contribution in [-0.4, -0.2) is 26.9 Å². The van der Waals surface area contributed by atoms with Crippen molar-refractivity contribution < 1.29 is 4.79 Å². The van der Waals surface area contributed by atoms with Gasteiger partial charge in [0.2, 0.25) is 0 Å². The van der Waals surface area contributed by atoms with E-state index in [2.05, 4.69) is 20.6 Å². The molecule has 0 saturated carbocycles. The van der Waals surface area contributed by atoms with E-state index in [1.165, 1.54) is 6.21 Å². The first-order valence-electron chi connectivity index (χ1n) is 8.19. The van der Waals surface area contributed by atoms with Gasteiger partial charge >= 0.3 is 0 Å². The maximum atomic E-state index is 12.1. The lowest BCUT2D eigenvalue weighted by molar-refractivity contribution is 0.0950. The Morgan fingerprint density at radius 2 is 2.04 bits per heavy atom.